The highest BCUT2D eigenvalue weighted by molar-refractivity contribution is 6.74. The van der Waals surface area contributed by atoms with Crippen molar-refractivity contribution in [2.45, 2.75) is 82.6 Å². The van der Waals surface area contributed by atoms with Gasteiger partial charge < -0.3 is 23.7 Å². The van der Waals surface area contributed by atoms with Crippen molar-refractivity contribution in [1.82, 2.24) is 14.6 Å². The second-order valence-electron chi connectivity index (χ2n) is 10.1. The smallest absolute Gasteiger partial charge is 0.242 e. The molecule has 8 nitrogen and oxygen atoms in total. The summed E-state index contributed by atoms with van der Waals surface area (Å²) in [6.07, 6.45) is -1.85. The van der Waals surface area contributed by atoms with Crippen molar-refractivity contribution in [1.29, 1.82) is 0 Å². The molecule has 0 radical (unpaired) electrons. The molecule has 2 aromatic heterocycles. The fourth-order valence-electron chi connectivity index (χ4n) is 3.78. The average molecular weight is 490 g/mol. The second-order valence-corrected chi connectivity index (χ2v) is 15.6. The first-order chi connectivity index (χ1) is 14.1. The van der Waals surface area contributed by atoms with Crippen LogP contribution < -0.4 is 0 Å². The van der Waals surface area contributed by atoms with Crippen molar-refractivity contribution in [3.63, 3.8) is 0 Å². The summed E-state index contributed by atoms with van der Waals surface area (Å²) in [5.41, 5.74) is 0.827. The van der Waals surface area contributed by atoms with Crippen LogP contribution >= 0.6 is 23.2 Å². The molecule has 2 aromatic rings. The molecule has 1 N–H and O–H groups in total. The fraction of sp³-hybridized carbons (Fsp3) is 0.700. The van der Waals surface area contributed by atoms with E-state index in [1.807, 2.05) is 13.8 Å². The molecule has 0 bridgehead atoms. The molecule has 31 heavy (non-hydrogen) atoms. The number of aliphatic hydroxyl groups is 1. The van der Waals surface area contributed by atoms with Gasteiger partial charge in [0.1, 0.15) is 29.5 Å². The van der Waals surface area contributed by atoms with Gasteiger partial charge in [-0.05, 0) is 55.7 Å². The Labute approximate surface area is 192 Å². The van der Waals surface area contributed by atoms with E-state index in [1.54, 1.807) is 12.1 Å². The lowest BCUT2D eigenvalue weighted by Crippen LogP contribution is -2.44. The summed E-state index contributed by atoms with van der Waals surface area (Å²) in [5.74, 6) is -2.73. The lowest BCUT2D eigenvalue weighted by atomic mass is 10.0. The Morgan fingerprint density at radius 1 is 1.19 bits per heavy atom. The number of hydrogen-bond donors (Lipinski definition) is 1. The maximum Gasteiger partial charge on any atom is 0.242 e. The van der Waals surface area contributed by atoms with Crippen LogP contribution in [0, 0.1) is 0 Å². The van der Waals surface area contributed by atoms with Crippen LogP contribution in [0.2, 0.25) is 28.6 Å². The Hall–Kier alpha value is -0.783. The summed E-state index contributed by atoms with van der Waals surface area (Å²) in [6, 6.07) is 3.37. The van der Waals surface area contributed by atoms with Crippen LogP contribution in [-0.4, -0.2) is 58.7 Å². The fourth-order valence-corrected chi connectivity index (χ4v) is 5.22. The average Bonchev–Trinajstić information content (AvgIpc) is 3.24. The van der Waals surface area contributed by atoms with Crippen molar-refractivity contribution in [3.05, 3.63) is 28.3 Å². The van der Waals surface area contributed by atoms with E-state index in [0.717, 1.165) is 0 Å². The molecule has 0 amide bonds. The van der Waals surface area contributed by atoms with E-state index in [1.165, 1.54) is 4.52 Å². The van der Waals surface area contributed by atoms with Crippen molar-refractivity contribution >= 4 is 37.0 Å². The summed E-state index contributed by atoms with van der Waals surface area (Å²) in [7, 11) is -2.04. The van der Waals surface area contributed by atoms with Gasteiger partial charge in [0.25, 0.3) is 0 Å². The predicted molar refractivity (Wildman–Crippen MR) is 119 cm³/mol. The second kappa shape index (κ2) is 7.36. The molecule has 0 aromatic carbocycles. The lowest BCUT2D eigenvalue weighted by Gasteiger charge is -2.37. The molecule has 0 aliphatic carbocycles. The van der Waals surface area contributed by atoms with Gasteiger partial charge in [-0.3, -0.25) is 0 Å². The SMILES string of the molecule is CC1(C)O[C@H]2[C@@H](O1)C(O)(c1ccc3c(Cl)nc(Cl)nn13)O[C@@H]2CO[Si](C)(C)C(C)(C)C. The van der Waals surface area contributed by atoms with Gasteiger partial charge in [-0.1, -0.05) is 32.4 Å². The number of ether oxygens (including phenoxy) is 3. The molecule has 2 saturated heterocycles. The van der Waals surface area contributed by atoms with Crippen LogP contribution in [0.3, 0.4) is 0 Å². The third-order valence-electron chi connectivity index (χ3n) is 6.43. The maximum atomic E-state index is 11.8. The number of aromatic nitrogens is 3. The topological polar surface area (TPSA) is 87.3 Å². The van der Waals surface area contributed by atoms with E-state index in [-0.39, 0.29) is 22.1 Å². The van der Waals surface area contributed by atoms with E-state index in [4.69, 9.17) is 41.8 Å². The minimum atomic E-state index is -2.04. The zero-order valence-corrected chi connectivity index (χ0v) is 21.3. The van der Waals surface area contributed by atoms with E-state index in [9.17, 15) is 5.11 Å². The van der Waals surface area contributed by atoms with Crippen molar-refractivity contribution in [2.24, 2.45) is 0 Å². The van der Waals surface area contributed by atoms with Crippen LogP contribution in [0.1, 0.15) is 40.3 Å². The first-order valence-electron chi connectivity index (χ1n) is 10.3. The highest BCUT2D eigenvalue weighted by Gasteiger charge is 2.64. The zero-order chi connectivity index (χ0) is 23.0. The Kier molecular flexibility index (Phi) is 5.55. The molecule has 2 aliphatic rings. The summed E-state index contributed by atoms with van der Waals surface area (Å²) in [6.45, 7) is 14.8. The summed E-state index contributed by atoms with van der Waals surface area (Å²) >= 11 is 12.2. The third-order valence-corrected chi connectivity index (χ3v) is 11.4. The van der Waals surface area contributed by atoms with Gasteiger partial charge in [-0.25, -0.2) is 9.50 Å². The first-order valence-corrected chi connectivity index (χ1v) is 13.9. The predicted octanol–water partition coefficient (Wildman–Crippen LogP) is 4.12. The van der Waals surface area contributed by atoms with Crippen LogP contribution in [0.15, 0.2) is 12.1 Å². The van der Waals surface area contributed by atoms with Crippen LogP contribution in [-0.2, 0) is 24.4 Å². The van der Waals surface area contributed by atoms with Gasteiger partial charge in [-0.2, -0.15) is 0 Å². The minimum Gasteiger partial charge on any atom is -0.414 e. The molecule has 172 valence electrons. The van der Waals surface area contributed by atoms with Crippen molar-refractivity contribution in [2.75, 3.05) is 6.61 Å². The van der Waals surface area contributed by atoms with Gasteiger partial charge >= 0.3 is 0 Å². The molecule has 11 heteroatoms. The van der Waals surface area contributed by atoms with Crippen LogP contribution in [0.4, 0.5) is 0 Å². The number of nitrogens with zero attached hydrogens (tertiary/aromatic N) is 3. The van der Waals surface area contributed by atoms with Crippen molar-refractivity contribution in [3.8, 4) is 0 Å². The molecular weight excluding hydrogens is 461 g/mol. The molecule has 2 fully saturated rings. The number of fused-ring (bicyclic) bond motifs is 2. The highest BCUT2D eigenvalue weighted by atomic mass is 35.5. The van der Waals surface area contributed by atoms with Gasteiger partial charge in [0.2, 0.25) is 11.1 Å². The standard InChI is InChI=1S/C20H29Cl2N3O5Si/c1-18(2,3)31(6,7)27-10-12-14-15(30-19(4,5)29-14)20(26,28-12)13-9-8-11-16(21)23-17(22)24-25(11)13/h8-9,12,14-15,26H,10H2,1-7H3/t12-,14-,15-,20?/m1/s1. The van der Waals surface area contributed by atoms with E-state index in [2.05, 4.69) is 43.9 Å². The Morgan fingerprint density at radius 2 is 1.87 bits per heavy atom. The molecule has 0 spiro atoms. The largest absolute Gasteiger partial charge is 0.414 e. The Bertz CT molecular complexity index is 1010. The zero-order valence-electron chi connectivity index (χ0n) is 18.8. The third kappa shape index (κ3) is 3.93. The molecule has 2 aliphatic heterocycles. The van der Waals surface area contributed by atoms with Gasteiger partial charge in [-0.15, -0.1) is 5.10 Å². The Morgan fingerprint density at radius 3 is 2.52 bits per heavy atom. The van der Waals surface area contributed by atoms with E-state index in [0.29, 0.717) is 11.2 Å². The minimum absolute atomic E-state index is 0.0375. The highest BCUT2D eigenvalue weighted by Crippen LogP contribution is 2.48. The normalized spacial score (nSPS) is 30.8. The quantitative estimate of drug-likeness (QED) is 0.645. The Balaban J connectivity index is 1.70. The monoisotopic (exact) mass is 489 g/mol. The first kappa shape index (κ1) is 23.4. The number of hydrogen-bond acceptors (Lipinski definition) is 7. The van der Waals surface area contributed by atoms with E-state index < -0.39 is 38.2 Å². The van der Waals surface area contributed by atoms with Crippen LogP contribution in [0.25, 0.3) is 5.52 Å². The molecule has 4 rings (SSSR count). The van der Waals surface area contributed by atoms with Gasteiger partial charge in [0.05, 0.1) is 6.61 Å². The summed E-state index contributed by atoms with van der Waals surface area (Å²) in [4.78, 5) is 3.95. The van der Waals surface area contributed by atoms with Crippen molar-refractivity contribution < 1.29 is 23.7 Å². The molecular formula is C20H29Cl2N3O5Si. The maximum absolute atomic E-state index is 11.8. The van der Waals surface area contributed by atoms with E-state index >= 15 is 0 Å². The molecule has 4 atom stereocenters. The molecule has 0 saturated carbocycles. The number of halogens is 2. The summed E-state index contributed by atoms with van der Waals surface area (Å²) in [5, 5.41) is 16.1. The van der Waals surface area contributed by atoms with Gasteiger partial charge in [0.15, 0.2) is 19.3 Å². The molecule has 1 unspecified atom stereocenters. The molecule has 4 heterocycles. The summed E-state index contributed by atoms with van der Waals surface area (Å²) < 4.78 is 26.2. The van der Waals surface area contributed by atoms with Gasteiger partial charge in [0, 0.05) is 0 Å². The van der Waals surface area contributed by atoms with Crippen LogP contribution in [0.5, 0.6) is 0 Å². The lowest BCUT2D eigenvalue weighted by molar-refractivity contribution is -0.285. The number of rotatable bonds is 4.